The van der Waals surface area contributed by atoms with Crippen LogP contribution in [0.15, 0.2) is 42.5 Å². The van der Waals surface area contributed by atoms with E-state index >= 15 is 0 Å². The second-order valence-corrected chi connectivity index (χ2v) is 3.72. The maximum absolute atomic E-state index is 11.0. The van der Waals surface area contributed by atoms with Gasteiger partial charge in [-0.25, -0.2) is 4.79 Å². The Labute approximate surface area is 106 Å². The molecule has 0 aliphatic heterocycles. The van der Waals surface area contributed by atoms with Gasteiger partial charge in [-0.3, -0.25) is 4.79 Å². The molecule has 1 aromatic carbocycles. The fraction of sp³-hybridized carbons (Fsp3) is 0.286. The Morgan fingerprint density at radius 2 is 1.94 bits per heavy atom. The minimum atomic E-state index is -0.472. The Kier molecular flexibility index (Phi) is 5.64. The van der Waals surface area contributed by atoms with Crippen LogP contribution in [0.25, 0.3) is 0 Å². The van der Waals surface area contributed by atoms with Crippen molar-refractivity contribution in [2.45, 2.75) is 19.4 Å². The number of ether oxygens (including phenoxy) is 2. The third kappa shape index (κ3) is 5.30. The molecule has 1 rings (SSSR count). The van der Waals surface area contributed by atoms with E-state index in [1.165, 1.54) is 26.2 Å². The quantitative estimate of drug-likeness (QED) is 0.590. The number of rotatable bonds is 5. The van der Waals surface area contributed by atoms with Crippen molar-refractivity contribution in [3.8, 4) is 0 Å². The summed E-state index contributed by atoms with van der Waals surface area (Å²) in [6.07, 6.45) is 2.84. The second-order valence-electron chi connectivity index (χ2n) is 3.72. The van der Waals surface area contributed by atoms with Crippen molar-refractivity contribution in [1.82, 2.24) is 0 Å². The lowest BCUT2D eigenvalue weighted by Gasteiger charge is -2.12. The number of methoxy groups -OCH3 is 1. The molecule has 1 unspecified atom stereocenters. The molecule has 0 spiro atoms. The molecule has 1 atom stereocenters. The van der Waals surface area contributed by atoms with Crippen LogP contribution < -0.4 is 0 Å². The highest BCUT2D eigenvalue weighted by atomic mass is 16.5. The molecule has 0 aliphatic rings. The van der Waals surface area contributed by atoms with E-state index in [1.807, 2.05) is 30.3 Å². The highest BCUT2D eigenvalue weighted by Gasteiger charge is 2.10. The van der Waals surface area contributed by atoms with Crippen molar-refractivity contribution < 1.29 is 19.1 Å². The van der Waals surface area contributed by atoms with E-state index in [1.54, 1.807) is 0 Å². The second kappa shape index (κ2) is 7.27. The van der Waals surface area contributed by atoms with Gasteiger partial charge in [-0.2, -0.15) is 0 Å². The minimum Gasteiger partial charge on any atom is -0.466 e. The van der Waals surface area contributed by atoms with Crippen molar-refractivity contribution in [1.29, 1.82) is 0 Å². The van der Waals surface area contributed by atoms with Crippen LogP contribution in [0.4, 0.5) is 0 Å². The van der Waals surface area contributed by atoms with E-state index in [0.29, 0.717) is 6.42 Å². The first-order valence-corrected chi connectivity index (χ1v) is 5.59. The topological polar surface area (TPSA) is 52.6 Å². The molecule has 0 bridgehead atoms. The summed E-state index contributed by atoms with van der Waals surface area (Å²) < 4.78 is 9.61. The molecule has 0 N–H and O–H groups in total. The molecule has 4 nitrogen and oxygen atoms in total. The van der Waals surface area contributed by atoms with E-state index in [-0.39, 0.29) is 5.97 Å². The summed E-state index contributed by atoms with van der Waals surface area (Å²) in [6.45, 7) is 1.34. The first kappa shape index (κ1) is 14.0. The first-order valence-electron chi connectivity index (χ1n) is 5.59. The summed E-state index contributed by atoms with van der Waals surface area (Å²) in [6, 6.07) is 9.59. The lowest BCUT2D eigenvalue weighted by Crippen LogP contribution is -2.17. The average Bonchev–Trinajstić information content (AvgIpc) is 2.36. The molecule has 0 amide bonds. The molecule has 0 fully saturated rings. The summed E-state index contributed by atoms with van der Waals surface area (Å²) >= 11 is 0. The summed E-state index contributed by atoms with van der Waals surface area (Å²) in [4.78, 5) is 22.0. The van der Waals surface area contributed by atoms with E-state index < -0.39 is 12.1 Å². The van der Waals surface area contributed by atoms with Crippen molar-refractivity contribution in [2.24, 2.45) is 0 Å². The summed E-state index contributed by atoms with van der Waals surface area (Å²) in [7, 11) is 1.30. The highest BCUT2D eigenvalue weighted by Crippen LogP contribution is 2.07. The van der Waals surface area contributed by atoms with E-state index in [9.17, 15) is 9.59 Å². The van der Waals surface area contributed by atoms with Crippen LogP contribution in [0.3, 0.4) is 0 Å². The molecule has 0 aromatic heterocycles. The van der Waals surface area contributed by atoms with Gasteiger partial charge in [0.25, 0.3) is 0 Å². The van der Waals surface area contributed by atoms with Crippen molar-refractivity contribution in [3.05, 3.63) is 48.0 Å². The number of hydrogen-bond acceptors (Lipinski definition) is 4. The van der Waals surface area contributed by atoms with E-state index in [0.717, 1.165) is 5.56 Å². The average molecular weight is 248 g/mol. The van der Waals surface area contributed by atoms with Gasteiger partial charge < -0.3 is 9.47 Å². The molecule has 0 radical (unpaired) electrons. The summed E-state index contributed by atoms with van der Waals surface area (Å²) in [5.41, 5.74) is 1.03. The maximum atomic E-state index is 11.0. The zero-order chi connectivity index (χ0) is 13.4. The first-order chi connectivity index (χ1) is 8.61. The highest BCUT2D eigenvalue weighted by molar-refractivity contribution is 5.81. The largest absolute Gasteiger partial charge is 0.466 e. The molecule has 96 valence electrons. The molecule has 4 heteroatoms. The number of hydrogen-bond donors (Lipinski definition) is 0. The Hall–Kier alpha value is -2.10. The number of benzene rings is 1. The van der Waals surface area contributed by atoms with Gasteiger partial charge in [0.15, 0.2) is 0 Å². The lowest BCUT2D eigenvalue weighted by atomic mass is 10.1. The Morgan fingerprint density at radius 1 is 1.28 bits per heavy atom. The smallest absolute Gasteiger partial charge is 0.330 e. The molecule has 0 heterocycles. The number of esters is 2. The monoisotopic (exact) mass is 248 g/mol. The molecule has 18 heavy (non-hydrogen) atoms. The van der Waals surface area contributed by atoms with Gasteiger partial charge in [0.2, 0.25) is 0 Å². The van der Waals surface area contributed by atoms with Crippen molar-refractivity contribution in [3.63, 3.8) is 0 Å². The normalized spacial score (nSPS) is 12.1. The van der Waals surface area contributed by atoms with Crippen LogP contribution in [-0.2, 0) is 25.5 Å². The van der Waals surface area contributed by atoms with Crippen LogP contribution in [0.5, 0.6) is 0 Å². The Morgan fingerprint density at radius 3 is 2.50 bits per heavy atom. The van der Waals surface area contributed by atoms with Crippen LogP contribution in [0.2, 0.25) is 0 Å². The molecule has 1 aromatic rings. The van der Waals surface area contributed by atoms with Crippen LogP contribution in [0, 0.1) is 0 Å². The zero-order valence-corrected chi connectivity index (χ0v) is 10.5. The molecular formula is C14H16O4. The predicted octanol–water partition coefficient (Wildman–Crippen LogP) is 1.89. The maximum Gasteiger partial charge on any atom is 0.330 e. The van der Waals surface area contributed by atoms with Gasteiger partial charge in [0.1, 0.15) is 6.10 Å². The number of carbonyl (C=O) groups is 2. The summed E-state index contributed by atoms with van der Waals surface area (Å²) in [5.74, 6) is -0.856. The van der Waals surface area contributed by atoms with Crippen LogP contribution in [0.1, 0.15) is 12.5 Å². The zero-order valence-electron chi connectivity index (χ0n) is 10.5. The third-order valence-electron chi connectivity index (χ3n) is 2.25. The van der Waals surface area contributed by atoms with Crippen LogP contribution >= 0.6 is 0 Å². The fourth-order valence-corrected chi connectivity index (χ4v) is 1.46. The van der Waals surface area contributed by atoms with E-state index in [4.69, 9.17) is 4.74 Å². The van der Waals surface area contributed by atoms with Crippen LogP contribution in [-0.4, -0.2) is 25.2 Å². The molecule has 0 aliphatic carbocycles. The van der Waals surface area contributed by atoms with Crippen molar-refractivity contribution in [2.75, 3.05) is 7.11 Å². The van der Waals surface area contributed by atoms with Gasteiger partial charge in [-0.05, 0) is 11.6 Å². The molecular weight excluding hydrogens is 232 g/mol. The Bertz CT molecular complexity index is 423. The fourth-order valence-electron chi connectivity index (χ4n) is 1.46. The lowest BCUT2D eigenvalue weighted by molar-refractivity contribution is -0.144. The van der Waals surface area contributed by atoms with Gasteiger partial charge in [-0.1, -0.05) is 30.3 Å². The molecule has 0 saturated carbocycles. The van der Waals surface area contributed by atoms with Gasteiger partial charge in [0.05, 0.1) is 7.11 Å². The van der Waals surface area contributed by atoms with Crippen molar-refractivity contribution >= 4 is 11.9 Å². The predicted molar refractivity (Wildman–Crippen MR) is 66.9 cm³/mol. The van der Waals surface area contributed by atoms with E-state index in [2.05, 4.69) is 4.74 Å². The Balaban J connectivity index is 2.69. The minimum absolute atomic E-state index is 0.384. The number of carbonyl (C=O) groups excluding carboxylic acids is 2. The van der Waals surface area contributed by atoms with Gasteiger partial charge >= 0.3 is 11.9 Å². The van der Waals surface area contributed by atoms with Gasteiger partial charge in [-0.15, -0.1) is 0 Å². The van der Waals surface area contributed by atoms with Gasteiger partial charge in [0, 0.05) is 19.4 Å². The third-order valence-corrected chi connectivity index (χ3v) is 2.25. The summed E-state index contributed by atoms with van der Waals surface area (Å²) in [5, 5.41) is 0. The standard InChI is InChI=1S/C14H16O4/c1-11(15)18-13(8-9-14(16)17-2)10-12-6-4-3-5-7-12/h3-9,13H,10H2,1-2H3/b9-8+. The SMILES string of the molecule is COC(=O)/C=C/C(Cc1ccccc1)OC(C)=O. The molecule has 0 saturated heterocycles.